The molecule has 1 aromatic rings. The van der Waals surface area contributed by atoms with Crippen LogP contribution >= 0.6 is 40.7 Å². The monoisotopic (exact) mass is 427 g/mol. The van der Waals surface area contributed by atoms with Gasteiger partial charge < -0.3 is 5.32 Å². The van der Waals surface area contributed by atoms with E-state index in [9.17, 15) is 10.1 Å². The first-order valence-corrected chi connectivity index (χ1v) is 7.98. The lowest BCUT2D eigenvalue weighted by molar-refractivity contribution is -0.385. The van der Waals surface area contributed by atoms with Gasteiger partial charge in [0.15, 0.2) is 0 Å². The number of piperazine rings is 1. The molecule has 132 valence electrons. The lowest BCUT2D eigenvalue weighted by Gasteiger charge is -2.42. The van der Waals surface area contributed by atoms with E-state index >= 15 is 0 Å². The Morgan fingerprint density at radius 1 is 1.26 bits per heavy atom. The van der Waals surface area contributed by atoms with Gasteiger partial charge >= 0.3 is 0 Å². The number of nitrogens with zero attached hydrogens (tertiary/aromatic N) is 2. The van der Waals surface area contributed by atoms with Crippen LogP contribution in [0.4, 0.5) is 5.69 Å². The second-order valence-corrected chi connectivity index (χ2v) is 7.38. The van der Waals surface area contributed by atoms with Crippen LogP contribution in [0.3, 0.4) is 0 Å². The lowest BCUT2D eigenvalue weighted by atomic mass is 9.81. The minimum atomic E-state index is -0.328. The zero-order valence-electron chi connectivity index (χ0n) is 13.5. The zero-order valence-corrected chi connectivity index (χ0v) is 16.8. The van der Waals surface area contributed by atoms with Crippen molar-refractivity contribution in [3.05, 3.63) is 38.3 Å². The van der Waals surface area contributed by atoms with Gasteiger partial charge in [-0.1, -0.05) is 26.8 Å². The number of nitro groups is 1. The minimum Gasteiger partial charge on any atom is -0.314 e. The van der Waals surface area contributed by atoms with E-state index in [1.165, 1.54) is 0 Å². The fraction of sp³-hybridized carbons (Fsp3) is 0.600. The predicted octanol–water partition coefficient (Wildman–Crippen LogP) is 4.19. The van der Waals surface area contributed by atoms with Crippen molar-refractivity contribution in [1.29, 1.82) is 0 Å². The Bertz CT molecular complexity index is 532. The molecule has 0 spiro atoms. The first-order chi connectivity index (χ1) is 9.80. The van der Waals surface area contributed by atoms with Crippen LogP contribution in [0.5, 0.6) is 0 Å². The highest BCUT2D eigenvalue weighted by Crippen LogP contribution is 2.40. The Balaban J connectivity index is 0.00000242. The standard InChI is InChI=1S/C15H22BrN3O2.2ClH/c1-15(2,3)14(18-8-6-17-7-9-18)11-4-5-12(16)13(10-11)19(20)21;;/h4-5,10,14,17H,6-9H2,1-3H3;2*1H/t14-;;/m0../s1. The Hall–Kier alpha value is -0.400. The van der Waals surface area contributed by atoms with Crippen molar-refractivity contribution in [1.82, 2.24) is 10.2 Å². The molecule has 1 aromatic carbocycles. The van der Waals surface area contributed by atoms with Crippen LogP contribution in [-0.2, 0) is 0 Å². The van der Waals surface area contributed by atoms with Crippen LogP contribution in [0.2, 0.25) is 0 Å². The maximum Gasteiger partial charge on any atom is 0.283 e. The molecule has 0 aliphatic carbocycles. The molecule has 0 aromatic heterocycles. The van der Waals surface area contributed by atoms with Gasteiger partial charge in [0.25, 0.3) is 5.69 Å². The van der Waals surface area contributed by atoms with Gasteiger partial charge in [0.05, 0.1) is 9.40 Å². The molecule has 23 heavy (non-hydrogen) atoms. The number of hydrogen-bond acceptors (Lipinski definition) is 4. The van der Waals surface area contributed by atoms with E-state index < -0.39 is 0 Å². The SMILES string of the molecule is CC(C)(C)[C@H](c1ccc(Br)c([N+](=O)[O-])c1)N1CCNCC1.Cl.Cl. The molecule has 1 fully saturated rings. The van der Waals surface area contributed by atoms with Crippen LogP contribution in [0, 0.1) is 15.5 Å². The summed E-state index contributed by atoms with van der Waals surface area (Å²) in [7, 11) is 0. The molecule has 1 heterocycles. The lowest BCUT2D eigenvalue weighted by Crippen LogP contribution is -2.48. The summed E-state index contributed by atoms with van der Waals surface area (Å²) in [4.78, 5) is 13.3. The highest BCUT2D eigenvalue weighted by atomic mass is 79.9. The van der Waals surface area contributed by atoms with Crippen LogP contribution in [0.25, 0.3) is 0 Å². The first kappa shape index (κ1) is 22.6. The topological polar surface area (TPSA) is 58.4 Å². The predicted molar refractivity (Wildman–Crippen MR) is 102 cm³/mol. The normalized spacial score (nSPS) is 16.9. The average Bonchev–Trinajstić information content (AvgIpc) is 2.40. The van der Waals surface area contributed by atoms with E-state index in [1.54, 1.807) is 12.1 Å². The fourth-order valence-corrected chi connectivity index (χ4v) is 3.43. The summed E-state index contributed by atoms with van der Waals surface area (Å²) < 4.78 is 0.532. The van der Waals surface area contributed by atoms with Gasteiger partial charge in [-0.15, -0.1) is 24.8 Å². The van der Waals surface area contributed by atoms with E-state index in [-0.39, 0.29) is 46.9 Å². The summed E-state index contributed by atoms with van der Waals surface area (Å²) in [6, 6.07) is 5.66. The van der Waals surface area contributed by atoms with Crippen LogP contribution in [0.15, 0.2) is 22.7 Å². The van der Waals surface area contributed by atoms with Gasteiger partial charge in [-0.05, 0) is 33.0 Å². The minimum absolute atomic E-state index is 0. The van der Waals surface area contributed by atoms with Crippen molar-refractivity contribution in [2.24, 2.45) is 5.41 Å². The smallest absolute Gasteiger partial charge is 0.283 e. The Morgan fingerprint density at radius 2 is 1.83 bits per heavy atom. The zero-order chi connectivity index (χ0) is 15.6. The summed E-state index contributed by atoms with van der Waals surface area (Å²) >= 11 is 3.26. The maximum atomic E-state index is 11.2. The van der Waals surface area contributed by atoms with Gasteiger partial charge in [0.1, 0.15) is 0 Å². The molecule has 0 unspecified atom stereocenters. The average molecular weight is 429 g/mol. The molecule has 5 nitrogen and oxygen atoms in total. The van der Waals surface area contributed by atoms with Gasteiger partial charge in [-0.2, -0.15) is 0 Å². The molecule has 1 saturated heterocycles. The Morgan fingerprint density at radius 3 is 2.30 bits per heavy atom. The molecule has 0 amide bonds. The van der Waals surface area contributed by atoms with Crippen molar-refractivity contribution >= 4 is 46.4 Å². The maximum absolute atomic E-state index is 11.2. The number of nitro benzene ring substituents is 1. The summed E-state index contributed by atoms with van der Waals surface area (Å²) in [5.74, 6) is 0. The van der Waals surface area contributed by atoms with E-state index in [1.807, 2.05) is 6.07 Å². The quantitative estimate of drug-likeness (QED) is 0.579. The Kier molecular flexibility index (Phi) is 9.02. The third-order valence-corrected chi connectivity index (χ3v) is 4.49. The highest BCUT2D eigenvalue weighted by Gasteiger charge is 2.33. The van der Waals surface area contributed by atoms with E-state index in [2.05, 4.69) is 46.9 Å². The summed E-state index contributed by atoms with van der Waals surface area (Å²) in [6.45, 7) is 10.4. The molecular formula is C15H24BrCl2N3O2. The molecule has 0 bridgehead atoms. The van der Waals surface area contributed by atoms with E-state index in [4.69, 9.17) is 0 Å². The van der Waals surface area contributed by atoms with Crippen molar-refractivity contribution in [3.8, 4) is 0 Å². The second-order valence-electron chi connectivity index (χ2n) is 6.52. The molecular weight excluding hydrogens is 405 g/mol. The summed E-state index contributed by atoms with van der Waals surface area (Å²) in [5.41, 5.74) is 1.16. The third kappa shape index (κ3) is 5.57. The summed E-state index contributed by atoms with van der Waals surface area (Å²) in [5, 5.41) is 14.5. The van der Waals surface area contributed by atoms with Crippen molar-refractivity contribution < 1.29 is 4.92 Å². The number of halogens is 3. The fourth-order valence-electron chi connectivity index (χ4n) is 3.04. The van der Waals surface area contributed by atoms with Crippen molar-refractivity contribution in [2.75, 3.05) is 26.2 Å². The number of rotatable bonds is 3. The largest absolute Gasteiger partial charge is 0.314 e. The van der Waals surface area contributed by atoms with E-state index in [0.717, 1.165) is 31.7 Å². The van der Waals surface area contributed by atoms with Crippen LogP contribution in [0.1, 0.15) is 32.4 Å². The van der Waals surface area contributed by atoms with E-state index in [0.29, 0.717) is 4.47 Å². The molecule has 1 aliphatic rings. The van der Waals surface area contributed by atoms with Gasteiger partial charge in [0.2, 0.25) is 0 Å². The molecule has 1 aliphatic heterocycles. The van der Waals surface area contributed by atoms with Crippen molar-refractivity contribution in [3.63, 3.8) is 0 Å². The molecule has 1 atom stereocenters. The van der Waals surface area contributed by atoms with Crippen molar-refractivity contribution in [2.45, 2.75) is 26.8 Å². The van der Waals surface area contributed by atoms with Crippen LogP contribution in [-0.4, -0.2) is 36.0 Å². The summed E-state index contributed by atoms with van der Waals surface area (Å²) in [6.07, 6.45) is 0. The molecule has 8 heteroatoms. The molecule has 0 radical (unpaired) electrons. The van der Waals surface area contributed by atoms with Gasteiger partial charge in [0, 0.05) is 38.3 Å². The second kappa shape index (κ2) is 9.18. The van der Waals surface area contributed by atoms with Crippen LogP contribution < -0.4 is 5.32 Å². The first-order valence-electron chi connectivity index (χ1n) is 7.19. The number of benzene rings is 1. The highest BCUT2D eigenvalue weighted by molar-refractivity contribution is 9.10. The molecule has 1 N–H and O–H groups in total. The van der Waals surface area contributed by atoms with Gasteiger partial charge in [-0.25, -0.2) is 0 Å². The molecule has 2 rings (SSSR count). The number of hydrogen-bond donors (Lipinski definition) is 1. The molecule has 0 saturated carbocycles. The number of nitrogens with one attached hydrogen (secondary N) is 1. The van der Waals surface area contributed by atoms with Gasteiger partial charge in [-0.3, -0.25) is 15.0 Å². The Labute approximate surface area is 158 Å². The third-order valence-electron chi connectivity index (χ3n) is 3.82.